The summed E-state index contributed by atoms with van der Waals surface area (Å²) >= 11 is 0. The smallest absolute Gasteiger partial charge is 0.250 e. The topological polar surface area (TPSA) is 103 Å². The number of hydrogen-bond acceptors (Lipinski definition) is 5. The number of amidine groups is 1. The lowest BCUT2D eigenvalue weighted by atomic mass is 10.1. The summed E-state index contributed by atoms with van der Waals surface area (Å²) in [5.74, 6) is 0.675. The van der Waals surface area contributed by atoms with Gasteiger partial charge in [-0.15, -0.1) is 5.10 Å². The minimum Gasteiger partial charge on any atom is -0.434 e. The molecule has 7 nitrogen and oxygen atoms in total. The molecule has 0 spiro atoms. The van der Waals surface area contributed by atoms with Crippen LogP contribution in [-0.2, 0) is 0 Å². The van der Waals surface area contributed by atoms with Crippen LogP contribution in [0.15, 0.2) is 12.4 Å². The Hall–Kier alpha value is -2.44. The second-order valence-corrected chi connectivity index (χ2v) is 4.86. The van der Waals surface area contributed by atoms with Gasteiger partial charge in [-0.25, -0.2) is 0 Å². The third-order valence-corrected chi connectivity index (χ3v) is 3.01. The summed E-state index contributed by atoms with van der Waals surface area (Å²) in [7, 11) is 0. The summed E-state index contributed by atoms with van der Waals surface area (Å²) in [4.78, 5) is 0. The lowest BCUT2D eigenvalue weighted by Gasteiger charge is -2.11. The first-order chi connectivity index (χ1) is 9.40. The Balaban J connectivity index is 2.38. The number of nitrogens with one attached hydrogen (secondary N) is 1. The predicted octanol–water partition coefficient (Wildman–Crippen LogP) is 1.95. The lowest BCUT2D eigenvalue weighted by molar-refractivity contribution is 0.449. The summed E-state index contributed by atoms with van der Waals surface area (Å²) in [5.41, 5.74) is 7.59. The molecular formula is C13H18N6O. The Morgan fingerprint density at radius 2 is 2.05 bits per heavy atom. The number of ether oxygens (including phenoxy) is 1. The van der Waals surface area contributed by atoms with Crippen LogP contribution >= 0.6 is 0 Å². The maximum Gasteiger partial charge on any atom is 0.250 e. The molecule has 0 aliphatic carbocycles. The first-order valence-electron chi connectivity index (χ1n) is 6.30. The zero-order valence-corrected chi connectivity index (χ0v) is 12.0. The van der Waals surface area contributed by atoms with Crippen molar-refractivity contribution in [2.24, 2.45) is 5.73 Å². The zero-order valence-electron chi connectivity index (χ0n) is 12.0. The maximum absolute atomic E-state index is 7.66. The van der Waals surface area contributed by atoms with E-state index in [0.717, 1.165) is 11.3 Å². The molecule has 0 aromatic carbocycles. The normalized spacial score (nSPS) is 10.8. The van der Waals surface area contributed by atoms with Crippen LogP contribution in [0, 0.1) is 19.3 Å². The van der Waals surface area contributed by atoms with Gasteiger partial charge < -0.3 is 10.5 Å². The van der Waals surface area contributed by atoms with Crippen LogP contribution in [0.4, 0.5) is 0 Å². The summed E-state index contributed by atoms with van der Waals surface area (Å²) in [6, 6.07) is 0.241. The van der Waals surface area contributed by atoms with E-state index in [2.05, 4.69) is 15.3 Å². The van der Waals surface area contributed by atoms with E-state index >= 15 is 0 Å². The van der Waals surface area contributed by atoms with Gasteiger partial charge in [-0.05, 0) is 33.3 Å². The van der Waals surface area contributed by atoms with Crippen molar-refractivity contribution in [3.63, 3.8) is 0 Å². The molecule has 0 amide bonds. The van der Waals surface area contributed by atoms with Gasteiger partial charge in [-0.2, -0.15) is 10.2 Å². The second-order valence-electron chi connectivity index (χ2n) is 4.86. The van der Waals surface area contributed by atoms with Crippen molar-refractivity contribution in [1.29, 1.82) is 5.41 Å². The monoisotopic (exact) mass is 274 g/mol. The Bertz CT molecular complexity index is 646. The number of nitrogen functional groups attached to an aromatic ring is 1. The first-order valence-corrected chi connectivity index (χ1v) is 6.30. The Morgan fingerprint density at radius 3 is 2.60 bits per heavy atom. The molecule has 0 aliphatic rings. The molecule has 0 bridgehead atoms. The van der Waals surface area contributed by atoms with Crippen LogP contribution in [0.25, 0.3) is 0 Å². The highest BCUT2D eigenvalue weighted by Gasteiger charge is 2.16. The number of nitrogens with zero attached hydrogens (tertiary/aromatic N) is 4. The van der Waals surface area contributed by atoms with Crippen LogP contribution in [0.2, 0.25) is 0 Å². The summed E-state index contributed by atoms with van der Waals surface area (Å²) < 4.78 is 7.43. The molecular weight excluding hydrogens is 256 g/mol. The Labute approximate surface area is 117 Å². The van der Waals surface area contributed by atoms with E-state index in [9.17, 15) is 0 Å². The molecule has 2 rings (SSSR count). The van der Waals surface area contributed by atoms with Gasteiger partial charge >= 0.3 is 0 Å². The Morgan fingerprint density at radius 1 is 1.35 bits per heavy atom. The largest absolute Gasteiger partial charge is 0.434 e. The molecule has 3 N–H and O–H groups in total. The fourth-order valence-corrected chi connectivity index (χ4v) is 1.74. The van der Waals surface area contributed by atoms with Gasteiger partial charge in [-0.1, -0.05) is 0 Å². The van der Waals surface area contributed by atoms with Gasteiger partial charge in [0.1, 0.15) is 5.84 Å². The van der Waals surface area contributed by atoms with Crippen LogP contribution in [-0.4, -0.2) is 25.8 Å². The molecule has 2 heterocycles. The summed E-state index contributed by atoms with van der Waals surface area (Å²) in [6.07, 6.45) is 3.37. The molecule has 0 atom stereocenters. The quantitative estimate of drug-likeness (QED) is 0.655. The minimum atomic E-state index is -0.0910. The number of rotatable bonds is 4. The van der Waals surface area contributed by atoms with Crippen molar-refractivity contribution < 1.29 is 4.74 Å². The van der Waals surface area contributed by atoms with E-state index in [-0.39, 0.29) is 17.8 Å². The average Bonchev–Trinajstić information content (AvgIpc) is 2.82. The average molecular weight is 274 g/mol. The number of nitrogens with two attached hydrogens (primary N) is 1. The molecule has 2 aromatic heterocycles. The molecule has 106 valence electrons. The van der Waals surface area contributed by atoms with Crippen molar-refractivity contribution in [3.05, 3.63) is 29.2 Å². The highest BCUT2D eigenvalue weighted by molar-refractivity contribution is 5.98. The van der Waals surface area contributed by atoms with E-state index in [1.165, 1.54) is 0 Å². The predicted molar refractivity (Wildman–Crippen MR) is 75.2 cm³/mol. The van der Waals surface area contributed by atoms with E-state index in [0.29, 0.717) is 11.3 Å². The standard InChI is InChI=1S/C13H18N6O/c1-7(2)19-6-10(5-16-19)20-13-11(12(14)15)8(3)9(4)17-18-13/h5-7H,1-4H3,(H3,14,15). The number of aromatic nitrogens is 4. The van der Waals surface area contributed by atoms with Crippen molar-refractivity contribution in [2.45, 2.75) is 33.7 Å². The van der Waals surface area contributed by atoms with Crippen molar-refractivity contribution in [3.8, 4) is 11.6 Å². The van der Waals surface area contributed by atoms with Crippen LogP contribution < -0.4 is 10.5 Å². The number of hydrogen-bond donors (Lipinski definition) is 2. The molecule has 7 heteroatoms. The summed E-state index contributed by atoms with van der Waals surface area (Å²) in [5, 5.41) is 19.8. The first kappa shape index (κ1) is 14.0. The molecule has 0 radical (unpaired) electrons. The van der Waals surface area contributed by atoms with Gasteiger partial charge in [-0.3, -0.25) is 10.1 Å². The fourth-order valence-electron chi connectivity index (χ4n) is 1.74. The molecule has 0 aliphatic heterocycles. The highest BCUT2D eigenvalue weighted by Crippen LogP contribution is 2.25. The van der Waals surface area contributed by atoms with Crippen LogP contribution in [0.5, 0.6) is 11.6 Å². The third-order valence-electron chi connectivity index (χ3n) is 3.01. The maximum atomic E-state index is 7.66. The minimum absolute atomic E-state index is 0.0910. The van der Waals surface area contributed by atoms with E-state index in [1.54, 1.807) is 17.1 Å². The lowest BCUT2D eigenvalue weighted by Crippen LogP contribution is -2.16. The van der Waals surface area contributed by atoms with Crippen LogP contribution in [0.3, 0.4) is 0 Å². The van der Waals surface area contributed by atoms with E-state index in [4.69, 9.17) is 15.9 Å². The van der Waals surface area contributed by atoms with Gasteiger partial charge in [0, 0.05) is 6.04 Å². The molecule has 2 aromatic rings. The molecule has 0 fully saturated rings. The fraction of sp³-hybridized carbons (Fsp3) is 0.385. The van der Waals surface area contributed by atoms with Crippen LogP contribution in [0.1, 0.15) is 36.7 Å². The van der Waals surface area contributed by atoms with Gasteiger partial charge in [0.25, 0.3) is 0 Å². The molecule has 0 saturated heterocycles. The summed E-state index contributed by atoms with van der Waals surface area (Å²) in [6.45, 7) is 7.70. The van der Waals surface area contributed by atoms with E-state index in [1.807, 2.05) is 27.7 Å². The third kappa shape index (κ3) is 2.61. The zero-order chi connectivity index (χ0) is 14.9. The molecule has 0 unspecified atom stereocenters. The molecule has 0 saturated carbocycles. The van der Waals surface area contributed by atoms with Gasteiger partial charge in [0.05, 0.1) is 23.7 Å². The second kappa shape index (κ2) is 5.28. The van der Waals surface area contributed by atoms with Gasteiger partial charge in [0.15, 0.2) is 5.75 Å². The van der Waals surface area contributed by atoms with Crippen molar-refractivity contribution in [2.75, 3.05) is 0 Å². The van der Waals surface area contributed by atoms with E-state index < -0.39 is 0 Å². The SMILES string of the molecule is Cc1nnc(Oc2cnn(C(C)C)c2)c(C(=N)N)c1C. The van der Waals surface area contributed by atoms with Crippen molar-refractivity contribution in [1.82, 2.24) is 20.0 Å². The Kier molecular flexibility index (Phi) is 3.69. The molecule has 20 heavy (non-hydrogen) atoms. The number of aryl methyl sites for hydroxylation is 1. The highest BCUT2D eigenvalue weighted by atomic mass is 16.5. The van der Waals surface area contributed by atoms with Gasteiger partial charge in [0.2, 0.25) is 5.88 Å². The van der Waals surface area contributed by atoms with Crippen molar-refractivity contribution >= 4 is 5.84 Å².